The minimum Gasteiger partial charge on any atom is -0.350 e. The van der Waals surface area contributed by atoms with Crippen molar-refractivity contribution < 1.29 is 9.59 Å². The lowest BCUT2D eigenvalue weighted by molar-refractivity contribution is 0.0993. The molecule has 0 spiro atoms. The lowest BCUT2D eigenvalue weighted by atomic mass is 10.1. The molecule has 3 aromatic carbocycles. The lowest BCUT2D eigenvalue weighted by Crippen LogP contribution is -2.23. The smallest absolute Gasteiger partial charge is 0.259 e. The van der Waals surface area contributed by atoms with E-state index in [-0.39, 0.29) is 11.8 Å². The van der Waals surface area contributed by atoms with Crippen molar-refractivity contribution in [2.45, 2.75) is 6.54 Å². The van der Waals surface area contributed by atoms with Crippen LogP contribution in [0, 0.1) is 0 Å². The highest BCUT2D eigenvalue weighted by Crippen LogP contribution is 2.32. The van der Waals surface area contributed by atoms with Gasteiger partial charge in [0.25, 0.3) is 11.8 Å². The molecule has 1 aromatic heterocycles. The quantitative estimate of drug-likeness (QED) is 0.564. The zero-order valence-electron chi connectivity index (χ0n) is 15.9. The van der Waals surface area contributed by atoms with E-state index in [4.69, 9.17) is 0 Å². The highest BCUT2D eigenvalue weighted by atomic mass is 16.2. The number of benzene rings is 3. The number of carbonyl (C=O) groups excluding carboxylic acids is 2. The molecule has 5 heteroatoms. The standard InChI is InChI=1S/C24H19N3O2/c1-26-12-11-16-8-10-20(14-22(16)26)27-15-18-7-9-19(13-21(18)24(27)29)25-23(28)17-5-3-2-4-6-17/h2-14H,15H2,1H3,(H,25,28). The molecule has 5 rings (SSSR count). The molecule has 0 atom stereocenters. The van der Waals surface area contributed by atoms with Gasteiger partial charge in [-0.1, -0.05) is 30.3 Å². The van der Waals surface area contributed by atoms with Crippen molar-refractivity contribution in [3.63, 3.8) is 0 Å². The minimum absolute atomic E-state index is 0.0515. The van der Waals surface area contributed by atoms with Gasteiger partial charge in [-0.3, -0.25) is 9.59 Å². The van der Waals surface area contributed by atoms with E-state index in [1.54, 1.807) is 23.1 Å². The van der Waals surface area contributed by atoms with E-state index in [9.17, 15) is 9.59 Å². The SMILES string of the molecule is Cn1ccc2ccc(N3Cc4ccc(NC(=O)c5ccccc5)cc4C3=O)cc21. The van der Waals surface area contributed by atoms with Crippen LogP contribution in [0.2, 0.25) is 0 Å². The molecular weight excluding hydrogens is 362 g/mol. The van der Waals surface area contributed by atoms with Crippen molar-refractivity contribution in [3.8, 4) is 0 Å². The number of nitrogens with one attached hydrogen (secondary N) is 1. The molecule has 1 N–H and O–H groups in total. The molecule has 142 valence electrons. The fraction of sp³-hybridized carbons (Fsp3) is 0.0833. The minimum atomic E-state index is -0.193. The molecule has 2 amide bonds. The van der Waals surface area contributed by atoms with Gasteiger partial charge in [0.05, 0.1) is 6.54 Å². The van der Waals surface area contributed by atoms with Gasteiger partial charge in [-0.05, 0) is 53.4 Å². The Morgan fingerprint density at radius 1 is 0.966 bits per heavy atom. The Morgan fingerprint density at radius 2 is 1.79 bits per heavy atom. The third kappa shape index (κ3) is 2.97. The van der Waals surface area contributed by atoms with E-state index in [1.807, 2.05) is 66.3 Å². The van der Waals surface area contributed by atoms with E-state index >= 15 is 0 Å². The zero-order valence-corrected chi connectivity index (χ0v) is 15.9. The highest BCUT2D eigenvalue weighted by Gasteiger charge is 2.29. The van der Waals surface area contributed by atoms with Crippen LogP contribution in [-0.4, -0.2) is 16.4 Å². The number of hydrogen-bond donors (Lipinski definition) is 1. The first-order valence-electron chi connectivity index (χ1n) is 9.46. The Labute approximate surface area is 168 Å². The number of hydrogen-bond acceptors (Lipinski definition) is 2. The Morgan fingerprint density at radius 3 is 2.62 bits per heavy atom. The van der Waals surface area contributed by atoms with Gasteiger partial charge < -0.3 is 14.8 Å². The normalized spacial score (nSPS) is 13.0. The molecule has 1 aliphatic rings. The second-order valence-electron chi connectivity index (χ2n) is 7.25. The van der Waals surface area contributed by atoms with Crippen molar-refractivity contribution in [2.75, 3.05) is 10.2 Å². The third-order valence-electron chi connectivity index (χ3n) is 5.39. The highest BCUT2D eigenvalue weighted by molar-refractivity contribution is 6.12. The summed E-state index contributed by atoms with van der Waals surface area (Å²) in [5.74, 6) is -0.244. The molecular formula is C24H19N3O2. The largest absolute Gasteiger partial charge is 0.350 e. The van der Waals surface area contributed by atoms with E-state index in [1.165, 1.54) is 0 Å². The zero-order chi connectivity index (χ0) is 20.0. The summed E-state index contributed by atoms with van der Waals surface area (Å²) < 4.78 is 2.05. The summed E-state index contributed by atoms with van der Waals surface area (Å²) in [4.78, 5) is 27.3. The van der Waals surface area contributed by atoms with Gasteiger partial charge in [0.2, 0.25) is 0 Å². The van der Waals surface area contributed by atoms with Crippen LogP contribution >= 0.6 is 0 Å². The Kier molecular flexibility index (Phi) is 3.95. The van der Waals surface area contributed by atoms with Crippen molar-refractivity contribution in [1.29, 1.82) is 0 Å². The van der Waals surface area contributed by atoms with Gasteiger partial charge in [-0.25, -0.2) is 0 Å². The molecule has 0 radical (unpaired) electrons. The summed E-state index contributed by atoms with van der Waals surface area (Å²) >= 11 is 0. The van der Waals surface area contributed by atoms with Gasteiger partial charge in [0.15, 0.2) is 0 Å². The van der Waals surface area contributed by atoms with Crippen LogP contribution in [0.25, 0.3) is 10.9 Å². The Bertz CT molecular complexity index is 1260. The van der Waals surface area contributed by atoms with Crippen molar-refractivity contribution in [2.24, 2.45) is 7.05 Å². The number of aryl methyl sites for hydroxylation is 1. The van der Waals surface area contributed by atoms with E-state index in [0.717, 1.165) is 22.2 Å². The molecule has 2 heterocycles. The van der Waals surface area contributed by atoms with Gasteiger partial charge in [0.1, 0.15) is 0 Å². The van der Waals surface area contributed by atoms with E-state index < -0.39 is 0 Å². The average molecular weight is 381 g/mol. The van der Waals surface area contributed by atoms with E-state index in [0.29, 0.717) is 23.4 Å². The molecule has 0 aliphatic carbocycles. The third-order valence-corrected chi connectivity index (χ3v) is 5.39. The molecule has 5 nitrogen and oxygen atoms in total. The van der Waals surface area contributed by atoms with Crippen LogP contribution in [0.4, 0.5) is 11.4 Å². The molecule has 4 aromatic rings. The summed E-state index contributed by atoms with van der Waals surface area (Å²) in [6.07, 6.45) is 2.01. The number of amides is 2. The summed E-state index contributed by atoms with van der Waals surface area (Å²) in [6, 6.07) is 22.7. The van der Waals surface area contributed by atoms with Crippen LogP contribution in [0.1, 0.15) is 26.3 Å². The summed E-state index contributed by atoms with van der Waals surface area (Å²) in [6.45, 7) is 0.525. The molecule has 0 unspecified atom stereocenters. The molecule has 29 heavy (non-hydrogen) atoms. The lowest BCUT2D eigenvalue weighted by Gasteiger charge is -2.16. The maximum absolute atomic E-state index is 13.1. The van der Waals surface area contributed by atoms with Gasteiger partial charge in [-0.15, -0.1) is 0 Å². The molecule has 1 aliphatic heterocycles. The maximum Gasteiger partial charge on any atom is 0.259 e. The number of carbonyl (C=O) groups is 2. The van der Waals surface area contributed by atoms with Gasteiger partial charge >= 0.3 is 0 Å². The molecule has 0 saturated carbocycles. The number of anilines is 2. The number of aromatic nitrogens is 1. The summed E-state index contributed by atoms with van der Waals surface area (Å²) in [5.41, 5.74) is 4.74. The Hall–Kier alpha value is -3.86. The van der Waals surface area contributed by atoms with Crippen molar-refractivity contribution >= 4 is 34.1 Å². The van der Waals surface area contributed by atoms with Crippen LogP contribution in [0.5, 0.6) is 0 Å². The maximum atomic E-state index is 13.1. The summed E-state index contributed by atoms with van der Waals surface area (Å²) in [5, 5.41) is 4.02. The number of rotatable bonds is 3. The first-order valence-corrected chi connectivity index (χ1v) is 9.46. The topological polar surface area (TPSA) is 54.3 Å². The molecule has 0 saturated heterocycles. The van der Waals surface area contributed by atoms with Crippen molar-refractivity contribution in [1.82, 2.24) is 4.57 Å². The second-order valence-corrected chi connectivity index (χ2v) is 7.25. The van der Waals surface area contributed by atoms with Gasteiger partial charge in [0, 0.05) is 41.3 Å². The molecule has 0 bridgehead atoms. The monoisotopic (exact) mass is 381 g/mol. The summed E-state index contributed by atoms with van der Waals surface area (Å²) in [7, 11) is 1.99. The van der Waals surface area contributed by atoms with Crippen molar-refractivity contribution in [3.05, 3.63) is 95.7 Å². The van der Waals surface area contributed by atoms with Gasteiger partial charge in [-0.2, -0.15) is 0 Å². The van der Waals surface area contributed by atoms with Crippen LogP contribution in [0.15, 0.2) is 79.0 Å². The van der Waals surface area contributed by atoms with Crippen LogP contribution < -0.4 is 10.2 Å². The first-order chi connectivity index (χ1) is 14.1. The van der Waals surface area contributed by atoms with Crippen LogP contribution in [-0.2, 0) is 13.6 Å². The fourth-order valence-corrected chi connectivity index (χ4v) is 3.80. The average Bonchev–Trinajstić information content (AvgIpc) is 3.28. The predicted molar refractivity (Wildman–Crippen MR) is 114 cm³/mol. The second kappa shape index (κ2) is 6.63. The number of nitrogens with zero attached hydrogens (tertiary/aromatic N) is 2. The number of fused-ring (bicyclic) bond motifs is 2. The van der Waals surface area contributed by atoms with Crippen LogP contribution in [0.3, 0.4) is 0 Å². The fourth-order valence-electron chi connectivity index (χ4n) is 3.80. The molecule has 0 fully saturated rings. The predicted octanol–water partition coefficient (Wildman–Crippen LogP) is 4.59. The first kappa shape index (κ1) is 17.3. The Balaban J connectivity index is 1.42. The van der Waals surface area contributed by atoms with E-state index in [2.05, 4.69) is 11.4 Å².